The Morgan fingerprint density at radius 3 is 3.00 bits per heavy atom. The second kappa shape index (κ2) is 7.12. The number of nitrogens with one attached hydrogen (secondary N) is 1. The van der Waals surface area contributed by atoms with Crippen molar-refractivity contribution in [1.82, 2.24) is 24.9 Å². The van der Waals surface area contributed by atoms with Gasteiger partial charge < -0.3 is 19.7 Å². The maximum Gasteiger partial charge on any atom is 0.256 e. The Bertz CT molecular complexity index is 1130. The predicted octanol–water partition coefficient (Wildman–Crippen LogP) is 1.95. The number of rotatable bonds is 0. The lowest BCUT2D eigenvalue weighted by Gasteiger charge is -2.35. The average molecular weight is 412 g/mol. The second-order valence-electron chi connectivity index (χ2n) is 7.67. The molecule has 2 aliphatic heterocycles. The Balaban J connectivity index is 1.67. The zero-order chi connectivity index (χ0) is 20.8. The number of hydrogen-bond donors (Lipinski definition) is 1. The fourth-order valence-electron chi connectivity index (χ4n) is 3.69. The van der Waals surface area contributed by atoms with E-state index in [9.17, 15) is 9.18 Å². The van der Waals surface area contributed by atoms with Crippen molar-refractivity contribution in [2.45, 2.75) is 38.9 Å². The van der Waals surface area contributed by atoms with Crippen LogP contribution in [-0.2, 0) is 6.54 Å². The number of carbonyl (C=O) groups is 1. The first-order chi connectivity index (χ1) is 14.5. The Kier molecular flexibility index (Phi) is 4.41. The molecule has 5 heterocycles. The van der Waals surface area contributed by atoms with Gasteiger partial charge in [0.15, 0.2) is 17.2 Å². The lowest BCUT2D eigenvalue weighted by molar-refractivity contribution is 0.0936. The first-order valence-electron chi connectivity index (χ1n) is 9.85. The molecule has 0 radical (unpaired) electrons. The average Bonchev–Trinajstić information content (AvgIpc) is 3.13. The van der Waals surface area contributed by atoms with Gasteiger partial charge in [0.05, 0.1) is 37.8 Å². The van der Waals surface area contributed by atoms with Gasteiger partial charge in [-0.15, -0.1) is 0 Å². The standard InChI is InChI=1S/C20H21FN6O3/c1-11-3-4-29-20-13(5-14(21)6-22-20)8-26-12(2)10-30-16-9-27-17(25-18(16)26)15(7-23-27)19(28)24-11/h5-7,9,11-12H,3-4,8,10H2,1-2H3,(H,24,28)/t11-,12-/m1/s1. The van der Waals surface area contributed by atoms with Crippen molar-refractivity contribution in [2.24, 2.45) is 0 Å². The van der Waals surface area contributed by atoms with Crippen molar-refractivity contribution in [3.8, 4) is 11.6 Å². The van der Waals surface area contributed by atoms with Crippen LogP contribution in [0.5, 0.6) is 11.6 Å². The van der Waals surface area contributed by atoms with Gasteiger partial charge in [-0.05, 0) is 19.9 Å². The summed E-state index contributed by atoms with van der Waals surface area (Å²) in [5.41, 5.74) is 1.44. The minimum atomic E-state index is -0.429. The molecule has 0 aromatic carbocycles. The molecule has 0 unspecified atom stereocenters. The van der Waals surface area contributed by atoms with Crippen LogP contribution in [0.25, 0.3) is 5.65 Å². The van der Waals surface area contributed by atoms with Gasteiger partial charge in [-0.25, -0.2) is 18.9 Å². The summed E-state index contributed by atoms with van der Waals surface area (Å²) in [5.74, 6) is 0.804. The number of carbonyl (C=O) groups excluding carboxylic acids is 1. The fourth-order valence-corrected chi connectivity index (χ4v) is 3.69. The molecule has 0 fully saturated rings. The highest BCUT2D eigenvalue weighted by Crippen LogP contribution is 2.35. The number of ether oxygens (including phenoxy) is 2. The monoisotopic (exact) mass is 412 g/mol. The van der Waals surface area contributed by atoms with E-state index < -0.39 is 5.82 Å². The minimum Gasteiger partial charge on any atom is -0.486 e. The van der Waals surface area contributed by atoms with Crippen LogP contribution in [-0.4, -0.2) is 50.8 Å². The van der Waals surface area contributed by atoms with Crippen LogP contribution in [0.4, 0.5) is 10.2 Å². The van der Waals surface area contributed by atoms with Crippen LogP contribution in [0.3, 0.4) is 0 Å². The molecule has 3 aromatic heterocycles. The summed E-state index contributed by atoms with van der Waals surface area (Å²) in [5, 5.41) is 7.21. The van der Waals surface area contributed by atoms with Gasteiger partial charge in [0.25, 0.3) is 5.91 Å². The van der Waals surface area contributed by atoms with Gasteiger partial charge >= 0.3 is 0 Å². The fraction of sp³-hybridized carbons (Fsp3) is 0.400. The van der Waals surface area contributed by atoms with E-state index in [1.54, 1.807) is 6.20 Å². The Morgan fingerprint density at radius 1 is 1.27 bits per heavy atom. The zero-order valence-corrected chi connectivity index (χ0v) is 16.6. The summed E-state index contributed by atoms with van der Waals surface area (Å²) in [6, 6.07) is 1.26. The predicted molar refractivity (Wildman–Crippen MR) is 105 cm³/mol. The molecule has 156 valence electrons. The summed E-state index contributed by atoms with van der Waals surface area (Å²) in [6.07, 6.45) is 4.93. The maximum atomic E-state index is 14.0. The van der Waals surface area contributed by atoms with Gasteiger partial charge in [-0.3, -0.25) is 4.79 Å². The minimum absolute atomic E-state index is 0.0308. The summed E-state index contributed by atoms with van der Waals surface area (Å²) in [6.45, 7) is 5.00. The first kappa shape index (κ1) is 18.6. The molecule has 1 amide bonds. The van der Waals surface area contributed by atoms with Crippen LogP contribution in [0.1, 0.15) is 36.2 Å². The zero-order valence-electron chi connectivity index (χ0n) is 16.6. The second-order valence-corrected chi connectivity index (χ2v) is 7.67. The number of pyridine rings is 1. The van der Waals surface area contributed by atoms with Crippen LogP contribution in [0, 0.1) is 5.82 Å². The van der Waals surface area contributed by atoms with Gasteiger partial charge in [0.2, 0.25) is 5.88 Å². The van der Waals surface area contributed by atoms with E-state index in [0.29, 0.717) is 60.4 Å². The molecular weight excluding hydrogens is 391 g/mol. The Morgan fingerprint density at radius 2 is 2.13 bits per heavy atom. The molecule has 2 bridgehead atoms. The molecular formula is C20H21FN6O3. The Hall–Kier alpha value is -3.43. The van der Waals surface area contributed by atoms with Crippen molar-refractivity contribution in [2.75, 3.05) is 18.1 Å². The van der Waals surface area contributed by atoms with Crippen molar-refractivity contribution in [1.29, 1.82) is 0 Å². The third-order valence-corrected chi connectivity index (χ3v) is 5.37. The molecule has 2 aliphatic rings. The van der Waals surface area contributed by atoms with E-state index in [-0.39, 0.29) is 18.0 Å². The number of amides is 1. The maximum absolute atomic E-state index is 14.0. The normalized spacial score (nSPS) is 21.4. The number of anilines is 1. The van der Waals surface area contributed by atoms with Crippen molar-refractivity contribution in [3.05, 3.63) is 41.6 Å². The molecule has 5 rings (SSSR count). The van der Waals surface area contributed by atoms with E-state index in [4.69, 9.17) is 14.5 Å². The quantitative estimate of drug-likeness (QED) is 0.603. The van der Waals surface area contributed by atoms with Crippen LogP contribution in [0.2, 0.25) is 0 Å². The number of halogens is 1. The topological polar surface area (TPSA) is 93.9 Å². The number of hydrogen-bond acceptors (Lipinski definition) is 7. The SMILES string of the molecule is C[C@@H]1CCOc2ncc(F)cc2CN2c3nc4c(cnn4cc3OC[C@H]2C)C(=O)N1. The molecule has 0 saturated heterocycles. The summed E-state index contributed by atoms with van der Waals surface area (Å²) < 4.78 is 27.2. The Labute approximate surface area is 171 Å². The molecule has 10 heteroatoms. The molecule has 3 aromatic rings. The molecule has 9 nitrogen and oxygen atoms in total. The van der Waals surface area contributed by atoms with Crippen LogP contribution in [0.15, 0.2) is 24.7 Å². The van der Waals surface area contributed by atoms with Crippen molar-refractivity contribution >= 4 is 17.4 Å². The highest BCUT2D eigenvalue weighted by molar-refractivity contribution is 6.00. The summed E-state index contributed by atoms with van der Waals surface area (Å²) >= 11 is 0. The van der Waals surface area contributed by atoms with Gasteiger partial charge in [-0.1, -0.05) is 0 Å². The molecule has 2 atom stereocenters. The lowest BCUT2D eigenvalue weighted by Crippen LogP contribution is -2.41. The smallest absolute Gasteiger partial charge is 0.256 e. The highest BCUT2D eigenvalue weighted by Gasteiger charge is 2.30. The third kappa shape index (κ3) is 3.17. The largest absolute Gasteiger partial charge is 0.486 e. The van der Waals surface area contributed by atoms with E-state index in [2.05, 4.69) is 15.4 Å². The van der Waals surface area contributed by atoms with E-state index in [1.807, 2.05) is 18.7 Å². The lowest BCUT2D eigenvalue weighted by atomic mass is 10.1. The molecule has 30 heavy (non-hydrogen) atoms. The van der Waals surface area contributed by atoms with Crippen LogP contribution < -0.4 is 19.7 Å². The number of aromatic nitrogens is 4. The number of nitrogens with zero attached hydrogens (tertiary/aromatic N) is 5. The van der Waals surface area contributed by atoms with Crippen molar-refractivity contribution in [3.63, 3.8) is 0 Å². The molecule has 0 aliphatic carbocycles. The van der Waals surface area contributed by atoms with Crippen molar-refractivity contribution < 1.29 is 18.7 Å². The molecule has 1 N–H and O–H groups in total. The molecule has 0 saturated carbocycles. The summed E-state index contributed by atoms with van der Waals surface area (Å²) in [4.78, 5) is 23.6. The summed E-state index contributed by atoms with van der Waals surface area (Å²) in [7, 11) is 0. The number of fused-ring (bicyclic) bond motifs is 1. The molecule has 0 spiro atoms. The van der Waals surface area contributed by atoms with E-state index in [1.165, 1.54) is 16.8 Å². The van der Waals surface area contributed by atoms with E-state index >= 15 is 0 Å². The van der Waals surface area contributed by atoms with Crippen LogP contribution >= 0.6 is 0 Å². The van der Waals surface area contributed by atoms with Gasteiger partial charge in [-0.2, -0.15) is 5.10 Å². The third-order valence-electron chi connectivity index (χ3n) is 5.37. The van der Waals surface area contributed by atoms with E-state index in [0.717, 1.165) is 6.20 Å². The van der Waals surface area contributed by atoms with Gasteiger partial charge in [0, 0.05) is 18.0 Å². The van der Waals surface area contributed by atoms with Gasteiger partial charge in [0.1, 0.15) is 18.0 Å². The first-order valence-corrected chi connectivity index (χ1v) is 9.85. The highest BCUT2D eigenvalue weighted by atomic mass is 19.1.